The lowest BCUT2D eigenvalue weighted by Crippen LogP contribution is -2.19. The molecule has 0 aliphatic heterocycles. The van der Waals surface area contributed by atoms with Gasteiger partial charge in [-0.1, -0.05) is 12.1 Å². The largest absolute Gasteiger partial charge is 0.484 e. The molecule has 0 heterocycles. The van der Waals surface area contributed by atoms with Gasteiger partial charge in [0.2, 0.25) is 0 Å². The molecule has 3 nitrogen and oxygen atoms in total. The highest BCUT2D eigenvalue weighted by Gasteiger charge is 2.28. The van der Waals surface area contributed by atoms with Crippen LogP contribution in [0, 0.1) is 22.7 Å². The van der Waals surface area contributed by atoms with Gasteiger partial charge in [0.15, 0.2) is 6.61 Å². The van der Waals surface area contributed by atoms with E-state index in [1.807, 2.05) is 0 Å². The molecule has 0 aromatic heterocycles. The minimum Gasteiger partial charge on any atom is -0.484 e. The number of rotatable bonds is 3. The molecule has 0 amide bonds. The number of ether oxygens (including phenoxy) is 1. The van der Waals surface area contributed by atoms with E-state index in [9.17, 15) is 13.2 Å². The van der Waals surface area contributed by atoms with Crippen LogP contribution in [0.25, 0.3) is 6.08 Å². The van der Waals surface area contributed by atoms with Crippen molar-refractivity contribution in [3.8, 4) is 17.9 Å². The number of hydrogen-bond acceptors (Lipinski definition) is 3. The third-order valence-corrected chi connectivity index (χ3v) is 1.83. The zero-order chi connectivity index (χ0) is 13.6. The topological polar surface area (TPSA) is 56.8 Å². The third kappa shape index (κ3) is 4.58. The predicted molar refractivity (Wildman–Crippen MR) is 57.2 cm³/mol. The zero-order valence-corrected chi connectivity index (χ0v) is 9.03. The van der Waals surface area contributed by atoms with Crippen LogP contribution in [0.5, 0.6) is 5.75 Å². The summed E-state index contributed by atoms with van der Waals surface area (Å²) in [6.45, 7) is -1.36. The van der Waals surface area contributed by atoms with Crippen LogP contribution in [0.15, 0.2) is 29.8 Å². The summed E-state index contributed by atoms with van der Waals surface area (Å²) in [5, 5.41) is 17.1. The number of alkyl halides is 3. The molecular weight excluding hydrogens is 245 g/mol. The van der Waals surface area contributed by atoms with E-state index in [2.05, 4.69) is 4.74 Å². The molecule has 0 fully saturated rings. The van der Waals surface area contributed by atoms with E-state index in [-0.39, 0.29) is 11.3 Å². The van der Waals surface area contributed by atoms with E-state index in [0.29, 0.717) is 5.56 Å². The summed E-state index contributed by atoms with van der Waals surface area (Å²) in [5.41, 5.74) is 0.450. The van der Waals surface area contributed by atoms with Gasteiger partial charge in [-0.15, -0.1) is 0 Å². The molecule has 0 unspecified atom stereocenters. The molecule has 0 spiro atoms. The molecule has 0 bridgehead atoms. The Morgan fingerprint density at radius 3 is 2.17 bits per heavy atom. The molecule has 6 heteroatoms. The Balaban J connectivity index is 2.73. The normalized spacial score (nSPS) is 10.1. The summed E-state index contributed by atoms with van der Waals surface area (Å²) in [7, 11) is 0. The third-order valence-electron chi connectivity index (χ3n) is 1.83. The van der Waals surface area contributed by atoms with Crippen LogP contribution in [-0.4, -0.2) is 12.8 Å². The number of allylic oxidation sites excluding steroid dienone is 1. The fraction of sp³-hybridized carbons (Fsp3) is 0.167. The summed E-state index contributed by atoms with van der Waals surface area (Å²) >= 11 is 0. The lowest BCUT2D eigenvalue weighted by Gasteiger charge is -2.08. The van der Waals surface area contributed by atoms with Crippen LogP contribution >= 0.6 is 0 Å². The smallest absolute Gasteiger partial charge is 0.422 e. The maximum absolute atomic E-state index is 11.9. The monoisotopic (exact) mass is 252 g/mol. The molecule has 0 aliphatic rings. The molecule has 92 valence electrons. The van der Waals surface area contributed by atoms with E-state index >= 15 is 0 Å². The quantitative estimate of drug-likeness (QED) is 0.777. The zero-order valence-electron chi connectivity index (χ0n) is 9.03. The van der Waals surface area contributed by atoms with E-state index in [1.165, 1.54) is 30.3 Å². The van der Waals surface area contributed by atoms with Crippen LogP contribution < -0.4 is 4.74 Å². The van der Waals surface area contributed by atoms with Gasteiger partial charge in [0.1, 0.15) is 23.5 Å². The van der Waals surface area contributed by atoms with Gasteiger partial charge in [-0.3, -0.25) is 0 Å². The van der Waals surface area contributed by atoms with Gasteiger partial charge in [-0.25, -0.2) is 0 Å². The molecule has 1 aromatic rings. The van der Waals surface area contributed by atoms with Crippen LogP contribution in [0.3, 0.4) is 0 Å². The summed E-state index contributed by atoms with van der Waals surface area (Å²) < 4.78 is 40.1. The minimum atomic E-state index is -4.38. The van der Waals surface area contributed by atoms with Crippen LogP contribution in [-0.2, 0) is 0 Å². The Kier molecular flexibility index (Phi) is 4.33. The van der Waals surface area contributed by atoms with Gasteiger partial charge < -0.3 is 4.74 Å². The van der Waals surface area contributed by atoms with Gasteiger partial charge in [0, 0.05) is 0 Å². The lowest BCUT2D eigenvalue weighted by molar-refractivity contribution is -0.153. The number of halogens is 3. The first-order valence-corrected chi connectivity index (χ1v) is 4.76. The maximum atomic E-state index is 11.9. The summed E-state index contributed by atoms with van der Waals surface area (Å²) in [6, 6.07) is 8.95. The highest BCUT2D eigenvalue weighted by Crippen LogP contribution is 2.19. The Hall–Kier alpha value is -2.47. The molecule has 0 N–H and O–H groups in total. The number of nitriles is 2. The van der Waals surface area contributed by atoms with Crippen molar-refractivity contribution in [2.24, 2.45) is 0 Å². The van der Waals surface area contributed by atoms with Crippen LogP contribution in [0.4, 0.5) is 13.2 Å². The lowest BCUT2D eigenvalue weighted by atomic mass is 10.1. The summed E-state index contributed by atoms with van der Waals surface area (Å²) in [6.07, 6.45) is -3.05. The first-order valence-electron chi connectivity index (χ1n) is 4.76. The molecule has 1 rings (SSSR count). The van der Waals surface area contributed by atoms with Crippen molar-refractivity contribution in [3.05, 3.63) is 35.4 Å². The molecule has 0 saturated heterocycles. The Morgan fingerprint density at radius 1 is 1.17 bits per heavy atom. The van der Waals surface area contributed by atoms with Gasteiger partial charge in [-0.2, -0.15) is 23.7 Å². The molecule has 0 aliphatic carbocycles. The number of nitrogens with zero attached hydrogens (tertiary/aromatic N) is 2. The average molecular weight is 252 g/mol. The summed E-state index contributed by atoms with van der Waals surface area (Å²) in [5.74, 6) is 0.0694. The van der Waals surface area contributed by atoms with Crippen molar-refractivity contribution in [2.45, 2.75) is 6.18 Å². The fourth-order valence-electron chi connectivity index (χ4n) is 1.08. The fourth-order valence-corrected chi connectivity index (χ4v) is 1.08. The SMILES string of the molecule is N#CC(C#N)=Cc1ccc(OCC(F)(F)F)cc1. The van der Waals surface area contributed by atoms with Gasteiger partial charge in [0.25, 0.3) is 0 Å². The van der Waals surface area contributed by atoms with E-state index < -0.39 is 12.8 Å². The standard InChI is InChI=1S/C12H7F3N2O/c13-12(14,15)8-18-11-3-1-9(2-4-11)5-10(6-16)7-17/h1-5H,8H2. The predicted octanol–water partition coefficient (Wildman–Crippen LogP) is 3.06. The van der Waals surface area contributed by atoms with Crippen molar-refractivity contribution in [2.75, 3.05) is 6.61 Å². The Bertz CT molecular complexity index is 502. The molecule has 0 atom stereocenters. The van der Waals surface area contributed by atoms with Crippen molar-refractivity contribution in [1.29, 1.82) is 10.5 Å². The summed E-state index contributed by atoms with van der Waals surface area (Å²) in [4.78, 5) is 0. The van der Waals surface area contributed by atoms with Crippen LogP contribution in [0.2, 0.25) is 0 Å². The van der Waals surface area contributed by atoms with Gasteiger partial charge in [-0.05, 0) is 23.8 Å². The maximum Gasteiger partial charge on any atom is 0.422 e. The van der Waals surface area contributed by atoms with Crippen molar-refractivity contribution in [1.82, 2.24) is 0 Å². The second-order valence-corrected chi connectivity index (χ2v) is 3.25. The molecular formula is C12H7F3N2O. The molecule has 0 radical (unpaired) electrons. The van der Waals surface area contributed by atoms with Crippen molar-refractivity contribution >= 4 is 6.08 Å². The highest BCUT2D eigenvalue weighted by atomic mass is 19.4. The van der Waals surface area contributed by atoms with E-state index in [4.69, 9.17) is 10.5 Å². The van der Waals surface area contributed by atoms with E-state index in [1.54, 1.807) is 12.1 Å². The Labute approximate surface area is 101 Å². The minimum absolute atomic E-state index is 0.0694. The second-order valence-electron chi connectivity index (χ2n) is 3.25. The first kappa shape index (κ1) is 13.6. The van der Waals surface area contributed by atoms with Gasteiger partial charge >= 0.3 is 6.18 Å². The van der Waals surface area contributed by atoms with Crippen molar-refractivity contribution in [3.63, 3.8) is 0 Å². The van der Waals surface area contributed by atoms with Gasteiger partial charge in [0.05, 0.1) is 0 Å². The molecule has 1 aromatic carbocycles. The van der Waals surface area contributed by atoms with Crippen molar-refractivity contribution < 1.29 is 17.9 Å². The van der Waals surface area contributed by atoms with E-state index in [0.717, 1.165) is 0 Å². The number of benzene rings is 1. The number of hydrogen-bond donors (Lipinski definition) is 0. The molecule has 0 saturated carbocycles. The highest BCUT2D eigenvalue weighted by molar-refractivity contribution is 5.62. The average Bonchev–Trinajstić information content (AvgIpc) is 2.34. The first-order chi connectivity index (χ1) is 8.44. The van der Waals surface area contributed by atoms with Crippen LogP contribution in [0.1, 0.15) is 5.56 Å². The second kappa shape index (κ2) is 5.74. The molecule has 18 heavy (non-hydrogen) atoms. The Morgan fingerprint density at radius 2 is 1.72 bits per heavy atom.